The van der Waals surface area contributed by atoms with Crippen LogP contribution in [-0.4, -0.2) is 10.6 Å². The van der Waals surface area contributed by atoms with Gasteiger partial charge in [-0.2, -0.15) is 0 Å². The predicted octanol–water partition coefficient (Wildman–Crippen LogP) is 6.34. The second-order valence-corrected chi connectivity index (χ2v) is 8.39. The molecule has 4 rings (SSSR count). The number of pyridine rings is 1. The highest BCUT2D eigenvalue weighted by atomic mass is 127. The van der Waals surface area contributed by atoms with Crippen molar-refractivity contribution in [3.05, 3.63) is 77.5 Å². The van der Waals surface area contributed by atoms with Gasteiger partial charge in [0.15, 0.2) is 0 Å². The van der Waals surface area contributed by atoms with E-state index in [2.05, 4.69) is 34.7 Å². The van der Waals surface area contributed by atoms with Crippen molar-refractivity contribution in [3.8, 4) is 0 Å². The fraction of sp³-hybridized carbons (Fsp3) is 0.227. The highest BCUT2D eigenvalue weighted by Crippen LogP contribution is 2.45. The van der Waals surface area contributed by atoms with Gasteiger partial charge in [0.25, 0.3) is 0 Å². The van der Waals surface area contributed by atoms with Crippen molar-refractivity contribution in [2.45, 2.75) is 32.7 Å². The van der Waals surface area contributed by atoms with Crippen LogP contribution in [0, 0.1) is 0 Å². The molecule has 1 aliphatic rings. The molecular weight excluding hydrogens is 437 g/mol. The first-order valence-electron chi connectivity index (χ1n) is 8.62. The zero-order valence-electron chi connectivity index (χ0n) is 15.0. The molecule has 3 aromatic rings. The first-order valence-corrected chi connectivity index (χ1v) is 9.70. The molecule has 3 nitrogen and oxygen atoms in total. The third-order valence-electron chi connectivity index (χ3n) is 4.14. The van der Waals surface area contributed by atoms with Crippen LogP contribution in [-0.2, 0) is 9.47 Å². The third-order valence-corrected chi connectivity index (χ3v) is 5.14. The number of hydrogen-bond acceptors (Lipinski definition) is 3. The van der Waals surface area contributed by atoms with Gasteiger partial charge in [0.05, 0.1) is 20.4 Å². The first kappa shape index (κ1) is 17.5. The van der Waals surface area contributed by atoms with Crippen molar-refractivity contribution in [1.29, 1.82) is 0 Å². The van der Waals surface area contributed by atoms with Gasteiger partial charge >= 0.3 is 0 Å². The summed E-state index contributed by atoms with van der Waals surface area (Å²) < 4.78 is 13.6. The molecule has 0 saturated carbocycles. The number of benzene rings is 2. The zero-order valence-corrected chi connectivity index (χ0v) is 17.2. The monoisotopic (exact) mass is 457 g/mol. The van der Waals surface area contributed by atoms with Crippen LogP contribution >= 0.6 is 22.6 Å². The van der Waals surface area contributed by atoms with Crippen molar-refractivity contribution in [1.82, 2.24) is 4.98 Å². The lowest BCUT2D eigenvalue weighted by Gasteiger charge is -2.33. The molecule has 0 spiro atoms. The van der Waals surface area contributed by atoms with Crippen LogP contribution in [0.2, 0.25) is 0 Å². The topological polar surface area (TPSA) is 31.4 Å². The van der Waals surface area contributed by atoms with Gasteiger partial charge < -0.3 is 9.47 Å². The number of ether oxygens (including phenoxy) is 2. The Balaban J connectivity index is 1.93. The standard InChI is InChI=1S/C22H20INO2/c1-22(2,3)26-21-16-13-15-11-7-8-12-17(15)24-19(16)18(23)20(25-21)14-9-5-4-6-10-14/h4-13,21H,1-3H3. The normalized spacial score (nSPS) is 17.2. The quantitative estimate of drug-likeness (QED) is 0.421. The van der Waals surface area contributed by atoms with E-state index >= 15 is 0 Å². The molecule has 0 fully saturated rings. The van der Waals surface area contributed by atoms with Gasteiger partial charge in [-0.25, -0.2) is 4.98 Å². The van der Waals surface area contributed by atoms with Crippen LogP contribution in [0.4, 0.5) is 0 Å². The van der Waals surface area contributed by atoms with E-state index in [9.17, 15) is 0 Å². The van der Waals surface area contributed by atoms with Crippen molar-refractivity contribution in [3.63, 3.8) is 0 Å². The summed E-state index contributed by atoms with van der Waals surface area (Å²) in [6, 6.07) is 20.4. The lowest BCUT2D eigenvalue weighted by Crippen LogP contribution is -2.26. The Hall–Kier alpha value is -1.92. The number of nitrogens with zero attached hydrogens (tertiary/aromatic N) is 1. The van der Waals surface area contributed by atoms with E-state index in [0.717, 1.165) is 37.1 Å². The number of halogens is 1. The van der Waals surface area contributed by atoms with Gasteiger partial charge in [0, 0.05) is 16.5 Å². The fourth-order valence-electron chi connectivity index (χ4n) is 3.01. The summed E-state index contributed by atoms with van der Waals surface area (Å²) in [7, 11) is 0. The Kier molecular flexibility index (Phi) is 4.49. The van der Waals surface area contributed by atoms with E-state index in [1.807, 2.05) is 69.3 Å². The van der Waals surface area contributed by atoms with Crippen LogP contribution in [0.1, 0.15) is 43.9 Å². The smallest absolute Gasteiger partial charge is 0.229 e. The zero-order chi connectivity index (χ0) is 18.3. The second-order valence-electron chi connectivity index (χ2n) is 7.31. The average molecular weight is 457 g/mol. The summed E-state index contributed by atoms with van der Waals surface area (Å²) >= 11 is 2.33. The molecular formula is C22H20INO2. The number of hydrogen-bond donors (Lipinski definition) is 0. The van der Waals surface area contributed by atoms with Crippen molar-refractivity contribution >= 4 is 42.8 Å². The van der Waals surface area contributed by atoms with E-state index in [-0.39, 0.29) is 5.60 Å². The van der Waals surface area contributed by atoms with Gasteiger partial charge in [0.2, 0.25) is 6.29 Å². The molecule has 4 heteroatoms. The molecule has 1 aliphatic heterocycles. The highest BCUT2D eigenvalue weighted by Gasteiger charge is 2.33. The molecule has 0 aliphatic carbocycles. The molecule has 0 radical (unpaired) electrons. The molecule has 0 amide bonds. The summed E-state index contributed by atoms with van der Waals surface area (Å²) in [5.41, 5.74) is 3.58. The highest BCUT2D eigenvalue weighted by molar-refractivity contribution is 14.1. The molecule has 1 aromatic heterocycles. The fourth-order valence-corrected chi connectivity index (χ4v) is 3.88. The minimum Gasteiger partial charge on any atom is -0.459 e. The predicted molar refractivity (Wildman–Crippen MR) is 114 cm³/mol. The first-order chi connectivity index (χ1) is 12.4. The lowest BCUT2D eigenvalue weighted by atomic mass is 10.0. The molecule has 0 bridgehead atoms. The van der Waals surface area contributed by atoms with E-state index in [4.69, 9.17) is 14.5 Å². The number of aromatic nitrogens is 1. The average Bonchev–Trinajstić information content (AvgIpc) is 2.62. The van der Waals surface area contributed by atoms with E-state index < -0.39 is 6.29 Å². The summed E-state index contributed by atoms with van der Waals surface area (Å²) in [6.07, 6.45) is -0.490. The SMILES string of the molecule is CC(C)(C)OC1OC(c2ccccc2)=C(I)c2nc3ccccc3cc21. The summed E-state index contributed by atoms with van der Waals surface area (Å²) in [4.78, 5) is 4.93. The lowest BCUT2D eigenvalue weighted by molar-refractivity contribution is -0.168. The number of rotatable bonds is 2. The van der Waals surface area contributed by atoms with Gasteiger partial charge in [-0.1, -0.05) is 48.5 Å². The molecule has 132 valence electrons. The Morgan fingerprint density at radius 3 is 2.42 bits per heavy atom. The van der Waals surface area contributed by atoms with Crippen LogP contribution < -0.4 is 0 Å². The van der Waals surface area contributed by atoms with Crippen molar-refractivity contribution < 1.29 is 9.47 Å². The van der Waals surface area contributed by atoms with Gasteiger partial charge in [-0.15, -0.1) is 0 Å². The molecule has 0 N–H and O–H groups in total. The molecule has 2 aromatic carbocycles. The largest absolute Gasteiger partial charge is 0.459 e. The maximum absolute atomic E-state index is 6.35. The van der Waals surface area contributed by atoms with E-state index in [0.29, 0.717) is 0 Å². The number of fused-ring (bicyclic) bond motifs is 2. The van der Waals surface area contributed by atoms with Crippen LogP contribution in [0.15, 0.2) is 60.7 Å². The van der Waals surface area contributed by atoms with Crippen molar-refractivity contribution in [2.75, 3.05) is 0 Å². The third kappa shape index (κ3) is 3.35. The maximum Gasteiger partial charge on any atom is 0.229 e. The second kappa shape index (κ2) is 6.67. The van der Waals surface area contributed by atoms with Gasteiger partial charge in [0.1, 0.15) is 5.76 Å². The minimum absolute atomic E-state index is 0.335. The summed E-state index contributed by atoms with van der Waals surface area (Å²) in [5.74, 6) is 0.815. The summed E-state index contributed by atoms with van der Waals surface area (Å²) in [5, 5.41) is 1.09. The van der Waals surface area contributed by atoms with E-state index in [1.165, 1.54) is 0 Å². The molecule has 0 saturated heterocycles. The van der Waals surface area contributed by atoms with Crippen LogP contribution in [0.5, 0.6) is 0 Å². The van der Waals surface area contributed by atoms with E-state index in [1.54, 1.807) is 0 Å². The molecule has 1 unspecified atom stereocenters. The Labute approximate surface area is 167 Å². The minimum atomic E-state index is -0.490. The Morgan fingerprint density at radius 1 is 1.00 bits per heavy atom. The molecule has 2 heterocycles. The Morgan fingerprint density at radius 2 is 1.69 bits per heavy atom. The summed E-state index contributed by atoms with van der Waals surface area (Å²) in [6.45, 7) is 6.11. The van der Waals surface area contributed by atoms with Gasteiger partial charge in [-0.05, 0) is 55.5 Å². The van der Waals surface area contributed by atoms with Crippen molar-refractivity contribution in [2.24, 2.45) is 0 Å². The van der Waals surface area contributed by atoms with Crippen LogP contribution in [0.3, 0.4) is 0 Å². The molecule has 1 atom stereocenters. The Bertz CT molecular complexity index is 990. The molecule has 26 heavy (non-hydrogen) atoms. The number of para-hydroxylation sites is 1. The van der Waals surface area contributed by atoms with Gasteiger partial charge in [-0.3, -0.25) is 0 Å². The maximum atomic E-state index is 6.35. The van der Waals surface area contributed by atoms with Crippen LogP contribution in [0.25, 0.3) is 20.2 Å².